The molecule has 1 unspecified atom stereocenters. The third-order valence-electron chi connectivity index (χ3n) is 3.72. The van der Waals surface area contributed by atoms with Gasteiger partial charge in [-0.1, -0.05) is 12.6 Å². The zero-order valence-corrected chi connectivity index (χ0v) is 14.4. The van der Waals surface area contributed by atoms with E-state index in [1.807, 2.05) is 0 Å². The third kappa shape index (κ3) is 4.31. The predicted molar refractivity (Wildman–Crippen MR) is 87.0 cm³/mol. The molecule has 1 atom stereocenters. The summed E-state index contributed by atoms with van der Waals surface area (Å²) >= 11 is 0. The molecule has 128 valence electrons. The summed E-state index contributed by atoms with van der Waals surface area (Å²) in [7, 11) is -5.62. The number of ether oxygens (including phenoxy) is 1. The second kappa shape index (κ2) is 7.00. The van der Waals surface area contributed by atoms with E-state index in [1.54, 1.807) is 12.1 Å². The molecule has 23 heavy (non-hydrogen) atoms. The number of methoxy groups -OCH3 is 1. The number of nitrogens with zero attached hydrogens (tertiary/aromatic N) is 1. The van der Waals surface area contributed by atoms with Gasteiger partial charge < -0.3 is 4.74 Å². The highest BCUT2D eigenvalue weighted by atomic mass is 32.2. The average Bonchev–Trinajstić information content (AvgIpc) is 3.03. The normalized spacial score (nSPS) is 19.6. The summed E-state index contributed by atoms with van der Waals surface area (Å²) in [6.45, 7) is 4.05. The van der Waals surface area contributed by atoms with Gasteiger partial charge in [0.1, 0.15) is 5.75 Å². The lowest BCUT2D eigenvalue weighted by Gasteiger charge is -2.17. The molecule has 0 aromatic heterocycles. The second-order valence-corrected chi connectivity index (χ2v) is 8.91. The number of rotatable bonds is 7. The van der Waals surface area contributed by atoms with Crippen LogP contribution in [-0.2, 0) is 20.0 Å². The van der Waals surface area contributed by atoms with Gasteiger partial charge in [0.2, 0.25) is 20.0 Å². The van der Waals surface area contributed by atoms with Gasteiger partial charge in [0, 0.05) is 31.1 Å². The number of sulfonamides is 2. The van der Waals surface area contributed by atoms with Crippen molar-refractivity contribution in [2.45, 2.75) is 11.3 Å². The Morgan fingerprint density at radius 3 is 2.78 bits per heavy atom. The Bertz CT molecular complexity index is 774. The van der Waals surface area contributed by atoms with E-state index in [-0.39, 0.29) is 23.9 Å². The molecule has 1 saturated heterocycles. The van der Waals surface area contributed by atoms with E-state index in [0.717, 1.165) is 5.41 Å². The Kier molecular flexibility index (Phi) is 5.45. The van der Waals surface area contributed by atoms with Gasteiger partial charge in [0.15, 0.2) is 0 Å². The molecule has 0 aliphatic carbocycles. The first-order valence-corrected chi connectivity index (χ1v) is 10.0. The van der Waals surface area contributed by atoms with Crippen molar-refractivity contribution in [2.75, 3.05) is 26.7 Å². The van der Waals surface area contributed by atoms with E-state index >= 15 is 0 Å². The second-order valence-electron chi connectivity index (χ2n) is 5.26. The van der Waals surface area contributed by atoms with Gasteiger partial charge in [-0.25, -0.2) is 21.6 Å². The number of nitrogens with one attached hydrogen (secondary N) is 1. The molecule has 1 aliphatic heterocycles. The minimum atomic E-state index is -3.61. The SMILES string of the molecule is C=CS(=O)(=O)NCC1CCN(S(=O)(=O)c2cccc(OC)c2)C1. The van der Waals surface area contributed by atoms with Crippen molar-refractivity contribution < 1.29 is 21.6 Å². The van der Waals surface area contributed by atoms with Crippen molar-refractivity contribution in [1.29, 1.82) is 0 Å². The summed E-state index contributed by atoms with van der Waals surface area (Å²) in [4.78, 5) is 0.171. The fraction of sp³-hybridized carbons (Fsp3) is 0.429. The van der Waals surface area contributed by atoms with Crippen LogP contribution in [0.2, 0.25) is 0 Å². The molecule has 1 aromatic rings. The lowest BCUT2D eigenvalue weighted by molar-refractivity contribution is 0.412. The lowest BCUT2D eigenvalue weighted by atomic mass is 10.1. The van der Waals surface area contributed by atoms with Crippen LogP contribution in [-0.4, -0.2) is 47.9 Å². The maximum absolute atomic E-state index is 12.6. The van der Waals surface area contributed by atoms with Crippen LogP contribution in [0.25, 0.3) is 0 Å². The van der Waals surface area contributed by atoms with Gasteiger partial charge in [0.05, 0.1) is 12.0 Å². The largest absolute Gasteiger partial charge is 0.497 e. The van der Waals surface area contributed by atoms with Crippen molar-refractivity contribution in [3.05, 3.63) is 36.3 Å². The molecular formula is C14H20N2O5S2. The average molecular weight is 360 g/mol. The maximum atomic E-state index is 12.6. The Hall–Kier alpha value is -1.42. The summed E-state index contributed by atoms with van der Waals surface area (Å²) < 4.78 is 56.8. The van der Waals surface area contributed by atoms with Gasteiger partial charge in [-0.15, -0.1) is 0 Å². The number of hydrogen-bond acceptors (Lipinski definition) is 5. The van der Waals surface area contributed by atoms with Crippen LogP contribution >= 0.6 is 0 Å². The molecule has 0 saturated carbocycles. The Morgan fingerprint density at radius 1 is 1.39 bits per heavy atom. The summed E-state index contributed by atoms with van der Waals surface area (Å²) in [6.07, 6.45) is 0.600. The Balaban J connectivity index is 2.06. The fourth-order valence-corrected chi connectivity index (χ4v) is 4.54. The molecule has 1 aliphatic rings. The van der Waals surface area contributed by atoms with Crippen LogP contribution < -0.4 is 9.46 Å². The van der Waals surface area contributed by atoms with Gasteiger partial charge in [-0.3, -0.25) is 0 Å². The predicted octanol–water partition coefficient (Wildman–Crippen LogP) is 0.769. The molecule has 9 heteroatoms. The van der Waals surface area contributed by atoms with Crippen molar-refractivity contribution in [1.82, 2.24) is 9.03 Å². The lowest BCUT2D eigenvalue weighted by Crippen LogP contribution is -2.32. The first-order valence-electron chi connectivity index (χ1n) is 7.05. The van der Waals surface area contributed by atoms with Crippen LogP contribution in [0.15, 0.2) is 41.1 Å². The van der Waals surface area contributed by atoms with Crippen LogP contribution in [0.3, 0.4) is 0 Å². The number of hydrogen-bond donors (Lipinski definition) is 1. The van der Waals surface area contributed by atoms with Crippen LogP contribution in [0.5, 0.6) is 5.75 Å². The van der Waals surface area contributed by atoms with Gasteiger partial charge in [-0.05, 0) is 24.5 Å². The van der Waals surface area contributed by atoms with E-state index in [9.17, 15) is 16.8 Å². The minimum Gasteiger partial charge on any atom is -0.497 e. The van der Waals surface area contributed by atoms with Crippen LogP contribution in [0.1, 0.15) is 6.42 Å². The Morgan fingerprint density at radius 2 is 2.13 bits per heavy atom. The smallest absolute Gasteiger partial charge is 0.243 e. The summed E-state index contributed by atoms with van der Waals surface area (Å²) in [5, 5.41) is 0.840. The van der Waals surface area contributed by atoms with Crippen molar-refractivity contribution in [3.63, 3.8) is 0 Å². The van der Waals surface area contributed by atoms with E-state index in [4.69, 9.17) is 4.74 Å². The maximum Gasteiger partial charge on any atom is 0.243 e. The molecule has 1 heterocycles. The van der Waals surface area contributed by atoms with Crippen molar-refractivity contribution in [3.8, 4) is 5.75 Å². The van der Waals surface area contributed by atoms with Gasteiger partial charge in [0.25, 0.3) is 0 Å². The molecular weight excluding hydrogens is 340 g/mol. The molecule has 7 nitrogen and oxygen atoms in total. The zero-order valence-electron chi connectivity index (χ0n) is 12.8. The van der Waals surface area contributed by atoms with Crippen molar-refractivity contribution in [2.24, 2.45) is 5.92 Å². The summed E-state index contributed by atoms with van der Waals surface area (Å²) in [6, 6.07) is 6.29. The van der Waals surface area contributed by atoms with E-state index < -0.39 is 20.0 Å². The highest BCUT2D eigenvalue weighted by molar-refractivity contribution is 7.92. The first-order chi connectivity index (χ1) is 10.8. The van der Waals surface area contributed by atoms with E-state index in [0.29, 0.717) is 18.7 Å². The third-order valence-corrected chi connectivity index (χ3v) is 6.59. The zero-order chi connectivity index (χ0) is 17.1. The van der Waals surface area contributed by atoms with Gasteiger partial charge in [-0.2, -0.15) is 4.31 Å². The summed E-state index contributed by atoms with van der Waals surface area (Å²) in [5.41, 5.74) is 0. The molecule has 1 fully saturated rings. The first kappa shape index (κ1) is 17.9. The number of benzene rings is 1. The monoisotopic (exact) mass is 360 g/mol. The van der Waals surface area contributed by atoms with Crippen molar-refractivity contribution >= 4 is 20.0 Å². The topological polar surface area (TPSA) is 92.8 Å². The van der Waals surface area contributed by atoms with Gasteiger partial charge >= 0.3 is 0 Å². The molecule has 0 spiro atoms. The fourth-order valence-electron chi connectivity index (χ4n) is 2.39. The molecule has 1 aromatic carbocycles. The van der Waals surface area contributed by atoms with Crippen LogP contribution in [0.4, 0.5) is 0 Å². The molecule has 1 N–H and O–H groups in total. The summed E-state index contributed by atoms with van der Waals surface area (Å²) in [5.74, 6) is 0.408. The quantitative estimate of drug-likeness (QED) is 0.775. The molecule has 0 bridgehead atoms. The molecule has 2 rings (SSSR count). The van der Waals surface area contributed by atoms with E-state index in [1.165, 1.54) is 23.5 Å². The van der Waals surface area contributed by atoms with Crippen LogP contribution in [0, 0.1) is 5.92 Å². The highest BCUT2D eigenvalue weighted by Crippen LogP contribution is 2.26. The highest BCUT2D eigenvalue weighted by Gasteiger charge is 2.33. The Labute approximate surface area is 137 Å². The minimum absolute atomic E-state index is 0.0647. The molecule has 0 amide bonds. The standard InChI is InChI=1S/C14H20N2O5S2/c1-3-22(17,18)15-10-12-7-8-16(11-12)23(19,20)14-6-4-5-13(9-14)21-2/h3-6,9,12,15H,1,7-8,10-11H2,2H3. The van der Waals surface area contributed by atoms with E-state index in [2.05, 4.69) is 11.3 Å². The molecule has 0 radical (unpaired) electrons.